The van der Waals surface area contributed by atoms with Crippen LogP contribution in [0.5, 0.6) is 0 Å². The van der Waals surface area contributed by atoms with Crippen molar-refractivity contribution in [3.63, 3.8) is 0 Å². The fourth-order valence-electron chi connectivity index (χ4n) is 7.52. The van der Waals surface area contributed by atoms with E-state index in [2.05, 4.69) is 63.3 Å². The van der Waals surface area contributed by atoms with E-state index in [9.17, 15) is 4.79 Å². The molecule has 3 fully saturated rings. The summed E-state index contributed by atoms with van der Waals surface area (Å²) in [6.45, 7) is 7.16. The number of fused-ring (bicyclic) bond motifs is 2. The van der Waals surface area contributed by atoms with E-state index in [0.717, 1.165) is 45.2 Å². The van der Waals surface area contributed by atoms with Crippen molar-refractivity contribution in [2.45, 2.75) is 82.3 Å². The maximum absolute atomic E-state index is 13.4. The summed E-state index contributed by atoms with van der Waals surface area (Å²) in [6, 6.07) is 12.5. The number of pyridine rings is 1. The Morgan fingerprint density at radius 1 is 1.07 bits per heavy atom. The molecule has 3 saturated heterocycles. The topological polar surface area (TPSA) is 63.5 Å². The smallest absolute Gasteiger partial charge is 0.257 e. The van der Waals surface area contributed by atoms with Crippen LogP contribution in [0.25, 0.3) is 0 Å². The summed E-state index contributed by atoms with van der Waals surface area (Å²) in [6.07, 6.45) is 18.9. The first-order valence-corrected chi connectivity index (χ1v) is 16.1. The van der Waals surface area contributed by atoms with Crippen LogP contribution in [0.1, 0.15) is 74.7 Å². The van der Waals surface area contributed by atoms with Crippen LogP contribution in [0.15, 0.2) is 67.0 Å². The van der Waals surface area contributed by atoms with Crippen LogP contribution in [0.2, 0.25) is 10.0 Å². The minimum absolute atomic E-state index is 0.0231. The monoisotopic (exact) mass is 607 g/mol. The highest BCUT2D eigenvalue weighted by atomic mass is 35.5. The molecule has 6 nitrogen and oxygen atoms in total. The third-order valence-corrected chi connectivity index (χ3v) is 10.4. The molecule has 3 aliphatic rings. The quantitative estimate of drug-likeness (QED) is 0.183. The van der Waals surface area contributed by atoms with E-state index in [1.807, 2.05) is 24.8 Å². The Kier molecular flexibility index (Phi) is 10.1. The van der Waals surface area contributed by atoms with Crippen molar-refractivity contribution in [2.24, 2.45) is 0 Å². The molecule has 224 valence electrons. The number of allylic oxidation sites excluding steroid dienone is 3. The van der Waals surface area contributed by atoms with Crippen LogP contribution in [-0.4, -0.2) is 75.7 Å². The van der Waals surface area contributed by atoms with Crippen LogP contribution < -0.4 is 0 Å². The maximum Gasteiger partial charge on any atom is 0.257 e. The number of amides is 1. The largest absolute Gasteiger partial charge is 0.354 e. The zero-order valence-corrected chi connectivity index (χ0v) is 26.3. The van der Waals surface area contributed by atoms with Gasteiger partial charge in [0.05, 0.1) is 21.4 Å². The van der Waals surface area contributed by atoms with Crippen molar-refractivity contribution >= 4 is 34.9 Å². The minimum Gasteiger partial charge on any atom is -0.354 e. The van der Waals surface area contributed by atoms with E-state index in [1.54, 1.807) is 0 Å². The number of piperidine rings is 2. The van der Waals surface area contributed by atoms with Crippen LogP contribution in [0.3, 0.4) is 0 Å². The van der Waals surface area contributed by atoms with Gasteiger partial charge < -0.3 is 9.80 Å². The molecule has 3 aliphatic heterocycles. The van der Waals surface area contributed by atoms with Gasteiger partial charge in [0.1, 0.15) is 0 Å². The number of aromatic nitrogens is 1. The van der Waals surface area contributed by atoms with Crippen LogP contribution >= 0.6 is 23.2 Å². The molecule has 0 saturated carbocycles. The molecule has 2 bridgehead atoms. The number of hydrogen-bond acceptors (Lipinski definition) is 4. The molecule has 1 amide bonds. The summed E-state index contributed by atoms with van der Waals surface area (Å²) in [5.74, 6) is 0.553. The minimum atomic E-state index is -0.110. The van der Waals surface area contributed by atoms with Gasteiger partial charge in [0.25, 0.3) is 5.91 Å². The second-order valence-electron chi connectivity index (χ2n) is 12.1. The van der Waals surface area contributed by atoms with Crippen LogP contribution in [0.4, 0.5) is 0 Å². The number of nitrogens with zero attached hydrogens (tertiary/aromatic N) is 4. The average molecular weight is 609 g/mol. The number of carbonyl (C=O) groups is 1. The fourth-order valence-corrected chi connectivity index (χ4v) is 8.04. The van der Waals surface area contributed by atoms with Gasteiger partial charge in [-0.05, 0) is 76.3 Å². The van der Waals surface area contributed by atoms with Gasteiger partial charge in [-0.2, -0.15) is 0 Å². The zero-order valence-electron chi connectivity index (χ0n) is 24.8. The number of halogens is 2. The third kappa shape index (κ3) is 6.61. The highest BCUT2D eigenvalue weighted by Crippen LogP contribution is 2.43. The second-order valence-corrected chi connectivity index (χ2v) is 12.9. The Morgan fingerprint density at radius 3 is 2.31 bits per heavy atom. The normalized spacial score (nSPS) is 24.0. The number of hydrogen-bond donors (Lipinski definition) is 1. The first kappa shape index (κ1) is 30.8. The lowest BCUT2D eigenvalue weighted by molar-refractivity contribution is 0.0584. The Bertz CT molecular complexity index is 1270. The number of rotatable bonds is 9. The Balaban J connectivity index is 1.26. The van der Waals surface area contributed by atoms with Crippen molar-refractivity contribution in [1.29, 1.82) is 5.41 Å². The summed E-state index contributed by atoms with van der Waals surface area (Å²) in [7, 11) is 0. The van der Waals surface area contributed by atoms with Crippen molar-refractivity contribution < 1.29 is 4.79 Å². The van der Waals surface area contributed by atoms with E-state index in [-0.39, 0.29) is 11.3 Å². The molecule has 0 spiro atoms. The van der Waals surface area contributed by atoms with Gasteiger partial charge in [-0.1, -0.05) is 77.8 Å². The number of nitrogens with one attached hydrogen (secondary N) is 1. The van der Waals surface area contributed by atoms with E-state index >= 15 is 0 Å². The van der Waals surface area contributed by atoms with Gasteiger partial charge in [-0.25, -0.2) is 0 Å². The summed E-state index contributed by atoms with van der Waals surface area (Å²) in [5, 5.41) is 9.05. The molecule has 1 aromatic heterocycles. The molecule has 5 rings (SSSR count). The number of likely N-dealkylation sites (tertiary alicyclic amines) is 1. The first-order valence-electron chi connectivity index (χ1n) is 15.3. The SMILES string of the molecule is CC=CC=CCN(C(C)=N)C1C[C@H]2CC[C@@H](C1)N2CCC1(c2ccccc2)CCN(C(=O)c2c(Cl)cncc2Cl)CC1. The van der Waals surface area contributed by atoms with Gasteiger partial charge in [-0.3, -0.25) is 20.1 Å². The predicted octanol–water partition coefficient (Wildman–Crippen LogP) is 7.38. The molecule has 0 aliphatic carbocycles. The van der Waals surface area contributed by atoms with E-state index < -0.39 is 0 Å². The van der Waals surface area contributed by atoms with Gasteiger partial charge >= 0.3 is 0 Å². The Hall–Kier alpha value is -2.67. The molecule has 1 N–H and O–H groups in total. The molecule has 3 atom stereocenters. The summed E-state index contributed by atoms with van der Waals surface area (Å²) in [4.78, 5) is 24.4. The number of benzene rings is 1. The number of carbonyl (C=O) groups excluding carboxylic acids is 1. The van der Waals surface area contributed by atoms with Crippen molar-refractivity contribution in [1.82, 2.24) is 19.7 Å². The summed E-state index contributed by atoms with van der Waals surface area (Å²) >= 11 is 12.7. The standard InChI is InChI=1S/C34H43Cl2N5O/c1-3-4-5-9-17-40(25(2)37)29-21-27-12-13-28(22-29)41(27)20-16-34(26-10-7-6-8-11-26)14-18-39(19-15-34)33(42)32-30(35)23-38-24-31(32)36/h3-11,23-24,27-29,37H,12-22H2,1-2H3/t27-,28+,29?. The predicted molar refractivity (Wildman–Crippen MR) is 173 cm³/mol. The van der Waals surface area contributed by atoms with Crippen LogP contribution in [-0.2, 0) is 5.41 Å². The van der Waals surface area contributed by atoms with Gasteiger partial charge in [-0.15, -0.1) is 0 Å². The third-order valence-electron chi connectivity index (χ3n) is 9.78. The van der Waals surface area contributed by atoms with Crippen molar-refractivity contribution in [3.05, 3.63) is 88.2 Å². The van der Waals surface area contributed by atoms with E-state index in [0.29, 0.717) is 52.7 Å². The van der Waals surface area contributed by atoms with E-state index in [4.69, 9.17) is 28.6 Å². The molecular weight excluding hydrogens is 565 g/mol. The molecule has 1 aromatic carbocycles. The highest BCUT2D eigenvalue weighted by molar-refractivity contribution is 6.39. The van der Waals surface area contributed by atoms with Crippen LogP contribution in [0, 0.1) is 5.41 Å². The molecule has 8 heteroatoms. The summed E-state index contributed by atoms with van der Waals surface area (Å²) in [5.41, 5.74) is 1.75. The molecule has 2 aromatic rings. The highest BCUT2D eigenvalue weighted by Gasteiger charge is 2.44. The van der Waals surface area contributed by atoms with Gasteiger partial charge in [0.2, 0.25) is 0 Å². The molecule has 1 unspecified atom stereocenters. The lowest BCUT2D eigenvalue weighted by Gasteiger charge is -2.47. The Morgan fingerprint density at radius 2 is 1.71 bits per heavy atom. The summed E-state index contributed by atoms with van der Waals surface area (Å²) < 4.78 is 0. The lowest BCUT2D eigenvalue weighted by Crippen LogP contribution is -2.53. The van der Waals surface area contributed by atoms with Crippen molar-refractivity contribution in [2.75, 3.05) is 26.2 Å². The van der Waals surface area contributed by atoms with Gasteiger partial charge in [0, 0.05) is 50.2 Å². The fraction of sp³-hybridized carbons (Fsp3) is 0.500. The molecular formula is C34H43Cl2N5O. The molecule has 0 radical (unpaired) electrons. The molecule has 42 heavy (non-hydrogen) atoms. The average Bonchev–Trinajstić information content (AvgIpc) is 3.23. The van der Waals surface area contributed by atoms with E-state index in [1.165, 1.54) is 30.8 Å². The Labute approximate surface area is 260 Å². The zero-order chi connectivity index (χ0) is 29.7. The first-order chi connectivity index (χ1) is 20.3. The molecule has 4 heterocycles. The maximum atomic E-state index is 13.4. The van der Waals surface area contributed by atoms with Gasteiger partial charge in [0.15, 0.2) is 0 Å². The lowest BCUT2D eigenvalue weighted by atomic mass is 9.70. The van der Waals surface area contributed by atoms with Crippen molar-refractivity contribution in [3.8, 4) is 0 Å². The second kappa shape index (κ2) is 13.7. The number of amidine groups is 1.